The molecule has 0 heterocycles. The van der Waals surface area contributed by atoms with Gasteiger partial charge in [0.05, 0.1) is 6.10 Å². The molecule has 0 saturated heterocycles. The molecule has 0 amide bonds. The highest BCUT2D eigenvalue weighted by Crippen LogP contribution is 2.25. The maximum absolute atomic E-state index is 10.3. The molecule has 2 nitrogen and oxygen atoms in total. The number of aliphatic hydroxyl groups is 1. The fraction of sp³-hybridized carbons (Fsp3) is 0.647. The molecule has 1 N–H and O–H groups in total. The molecule has 1 unspecified atom stereocenters. The smallest absolute Gasteiger partial charge is 0.0816 e. The fourth-order valence-corrected chi connectivity index (χ4v) is 2.76. The van der Waals surface area contributed by atoms with E-state index in [1.54, 1.807) is 0 Å². The third-order valence-corrected chi connectivity index (χ3v) is 3.57. The maximum Gasteiger partial charge on any atom is 0.0816 e. The van der Waals surface area contributed by atoms with Crippen LogP contribution in [0, 0.1) is 11.8 Å². The van der Waals surface area contributed by atoms with Crippen LogP contribution in [0.2, 0.25) is 5.02 Å². The monoisotopic (exact) mass is 297 g/mol. The van der Waals surface area contributed by atoms with E-state index in [0.717, 1.165) is 31.6 Å². The zero-order valence-electron chi connectivity index (χ0n) is 13.1. The van der Waals surface area contributed by atoms with Crippen LogP contribution >= 0.6 is 11.6 Å². The molecule has 1 rings (SSSR count). The van der Waals surface area contributed by atoms with Crippen LogP contribution in [0.15, 0.2) is 24.3 Å². The van der Waals surface area contributed by atoms with E-state index in [9.17, 15) is 5.11 Å². The number of nitrogens with zero attached hydrogens (tertiary/aromatic N) is 1. The average Bonchev–Trinajstić information content (AvgIpc) is 2.34. The molecule has 0 aliphatic rings. The second-order valence-corrected chi connectivity index (χ2v) is 6.78. The van der Waals surface area contributed by atoms with Gasteiger partial charge in [0, 0.05) is 24.7 Å². The molecule has 1 aromatic carbocycles. The number of rotatable bonds is 8. The van der Waals surface area contributed by atoms with Crippen LogP contribution in [0.3, 0.4) is 0 Å². The molecule has 3 heteroatoms. The SMILES string of the molecule is CC(C)CN(CCC(O)c1ccccc1Cl)CC(C)C. The normalized spacial score (nSPS) is 13.4. The lowest BCUT2D eigenvalue weighted by atomic mass is 10.1. The fourth-order valence-electron chi connectivity index (χ4n) is 2.50. The molecule has 0 aliphatic carbocycles. The molecule has 0 fully saturated rings. The van der Waals surface area contributed by atoms with E-state index in [-0.39, 0.29) is 0 Å². The van der Waals surface area contributed by atoms with Crippen molar-refractivity contribution in [1.29, 1.82) is 0 Å². The number of aliphatic hydroxyl groups excluding tert-OH is 1. The summed E-state index contributed by atoms with van der Waals surface area (Å²) in [6.07, 6.45) is 0.244. The first-order valence-corrected chi connectivity index (χ1v) is 7.92. The van der Waals surface area contributed by atoms with Crippen molar-refractivity contribution >= 4 is 11.6 Å². The molecule has 0 spiro atoms. The first-order chi connectivity index (χ1) is 9.40. The number of hydrogen-bond donors (Lipinski definition) is 1. The second-order valence-electron chi connectivity index (χ2n) is 6.37. The van der Waals surface area contributed by atoms with E-state index in [1.165, 1.54) is 0 Å². The van der Waals surface area contributed by atoms with Gasteiger partial charge >= 0.3 is 0 Å². The Labute approximate surface area is 128 Å². The highest BCUT2D eigenvalue weighted by molar-refractivity contribution is 6.31. The van der Waals surface area contributed by atoms with E-state index in [1.807, 2.05) is 24.3 Å². The van der Waals surface area contributed by atoms with Gasteiger partial charge in [-0.3, -0.25) is 0 Å². The van der Waals surface area contributed by atoms with Crippen molar-refractivity contribution < 1.29 is 5.11 Å². The van der Waals surface area contributed by atoms with Gasteiger partial charge in [-0.1, -0.05) is 57.5 Å². The van der Waals surface area contributed by atoms with Gasteiger partial charge in [0.25, 0.3) is 0 Å². The highest BCUT2D eigenvalue weighted by atomic mass is 35.5. The lowest BCUT2D eigenvalue weighted by Crippen LogP contribution is -2.33. The quantitative estimate of drug-likeness (QED) is 0.770. The number of halogens is 1. The summed E-state index contributed by atoms with van der Waals surface area (Å²) in [5.41, 5.74) is 0.836. The molecule has 0 aromatic heterocycles. The van der Waals surface area contributed by atoms with E-state index in [2.05, 4.69) is 32.6 Å². The molecule has 0 aliphatic heterocycles. The van der Waals surface area contributed by atoms with E-state index < -0.39 is 6.10 Å². The third-order valence-electron chi connectivity index (χ3n) is 3.23. The second kappa shape index (κ2) is 8.66. The van der Waals surface area contributed by atoms with Crippen molar-refractivity contribution in [3.63, 3.8) is 0 Å². The molecule has 114 valence electrons. The van der Waals surface area contributed by atoms with Gasteiger partial charge in [0.2, 0.25) is 0 Å². The average molecular weight is 298 g/mol. The van der Waals surface area contributed by atoms with Crippen LogP contribution in [-0.2, 0) is 0 Å². The zero-order chi connectivity index (χ0) is 15.1. The molecule has 1 aromatic rings. The number of benzene rings is 1. The Bertz CT molecular complexity index is 382. The van der Waals surface area contributed by atoms with Crippen molar-refractivity contribution in [3.05, 3.63) is 34.9 Å². The summed E-state index contributed by atoms with van der Waals surface area (Å²) in [4.78, 5) is 2.44. The maximum atomic E-state index is 10.3. The van der Waals surface area contributed by atoms with Gasteiger partial charge in [-0.25, -0.2) is 0 Å². The first-order valence-electron chi connectivity index (χ1n) is 7.55. The Morgan fingerprint density at radius 3 is 2.10 bits per heavy atom. The Balaban J connectivity index is 2.55. The summed E-state index contributed by atoms with van der Waals surface area (Å²) in [6.45, 7) is 12.0. The summed E-state index contributed by atoms with van der Waals surface area (Å²) in [7, 11) is 0. The standard InChI is InChI=1S/C17H28ClNO/c1-13(2)11-19(12-14(3)4)10-9-17(20)15-7-5-6-8-16(15)18/h5-8,13-14,17,20H,9-12H2,1-4H3. The summed E-state index contributed by atoms with van der Waals surface area (Å²) in [6, 6.07) is 7.55. The zero-order valence-corrected chi connectivity index (χ0v) is 13.9. The van der Waals surface area contributed by atoms with Crippen LogP contribution in [0.4, 0.5) is 0 Å². The van der Waals surface area contributed by atoms with Gasteiger partial charge in [-0.15, -0.1) is 0 Å². The van der Waals surface area contributed by atoms with Gasteiger partial charge in [0.1, 0.15) is 0 Å². The summed E-state index contributed by atoms with van der Waals surface area (Å²) >= 11 is 6.13. The van der Waals surface area contributed by atoms with Gasteiger partial charge in [-0.2, -0.15) is 0 Å². The Kier molecular flexibility index (Phi) is 7.57. The molecule has 20 heavy (non-hydrogen) atoms. The molecular weight excluding hydrogens is 270 g/mol. The van der Waals surface area contributed by atoms with Crippen LogP contribution in [-0.4, -0.2) is 29.6 Å². The van der Waals surface area contributed by atoms with Crippen molar-refractivity contribution in [3.8, 4) is 0 Å². The van der Waals surface area contributed by atoms with Crippen LogP contribution in [0.1, 0.15) is 45.8 Å². The molecular formula is C17H28ClNO. The van der Waals surface area contributed by atoms with Crippen LogP contribution in [0.25, 0.3) is 0 Å². The van der Waals surface area contributed by atoms with E-state index >= 15 is 0 Å². The molecule has 1 atom stereocenters. The van der Waals surface area contributed by atoms with Crippen molar-refractivity contribution in [2.45, 2.75) is 40.2 Å². The van der Waals surface area contributed by atoms with Crippen molar-refractivity contribution in [2.24, 2.45) is 11.8 Å². The predicted octanol–water partition coefficient (Wildman–Crippen LogP) is 4.38. The number of hydrogen-bond acceptors (Lipinski definition) is 2. The molecule has 0 radical (unpaired) electrons. The predicted molar refractivity (Wildman–Crippen MR) is 87.1 cm³/mol. The largest absolute Gasteiger partial charge is 0.388 e. The molecule has 0 saturated carbocycles. The van der Waals surface area contributed by atoms with Crippen molar-refractivity contribution in [2.75, 3.05) is 19.6 Å². The van der Waals surface area contributed by atoms with Gasteiger partial charge in [-0.05, 0) is 29.9 Å². The Morgan fingerprint density at radius 2 is 1.60 bits per heavy atom. The first kappa shape index (κ1) is 17.5. The van der Waals surface area contributed by atoms with E-state index in [0.29, 0.717) is 16.9 Å². The topological polar surface area (TPSA) is 23.5 Å². The summed E-state index contributed by atoms with van der Waals surface area (Å²) < 4.78 is 0. The Morgan fingerprint density at radius 1 is 1.05 bits per heavy atom. The minimum Gasteiger partial charge on any atom is -0.388 e. The van der Waals surface area contributed by atoms with Crippen LogP contribution < -0.4 is 0 Å². The minimum absolute atomic E-state index is 0.481. The van der Waals surface area contributed by atoms with E-state index in [4.69, 9.17) is 11.6 Å². The summed E-state index contributed by atoms with van der Waals surface area (Å²) in [5, 5.41) is 11.0. The Hall–Kier alpha value is -0.570. The van der Waals surface area contributed by atoms with Gasteiger partial charge < -0.3 is 10.0 Å². The third kappa shape index (κ3) is 6.25. The van der Waals surface area contributed by atoms with Crippen molar-refractivity contribution in [1.82, 2.24) is 4.90 Å². The highest BCUT2D eigenvalue weighted by Gasteiger charge is 2.15. The van der Waals surface area contributed by atoms with Gasteiger partial charge in [0.15, 0.2) is 0 Å². The lowest BCUT2D eigenvalue weighted by molar-refractivity contribution is 0.131. The minimum atomic E-state index is -0.481. The molecule has 0 bridgehead atoms. The summed E-state index contributed by atoms with van der Waals surface area (Å²) in [5.74, 6) is 1.29. The lowest BCUT2D eigenvalue weighted by Gasteiger charge is -2.27. The van der Waals surface area contributed by atoms with Crippen LogP contribution in [0.5, 0.6) is 0 Å².